The standard InChI is InChI=1S/C21H21F2N5O6/c1-25-5-2-16(24)28-18(29)12-6-13(33-17-10-26-15(9-27-17)19(30)31)8-14(7-12)34-21(3-4-21)11-32-20(22)23/h2,5-10,20,25H,3-4,11H2,1H3,(H,30,31)(H2,24,28,29)/b5-2-. The third-order valence-corrected chi connectivity index (χ3v) is 4.49. The summed E-state index contributed by atoms with van der Waals surface area (Å²) in [6, 6.07) is 4.14. The first-order chi connectivity index (χ1) is 16.2. The van der Waals surface area contributed by atoms with E-state index in [9.17, 15) is 18.4 Å². The van der Waals surface area contributed by atoms with E-state index in [0.717, 1.165) is 12.4 Å². The van der Waals surface area contributed by atoms with E-state index in [1.54, 1.807) is 7.05 Å². The Balaban J connectivity index is 1.85. The first kappa shape index (κ1) is 24.5. The van der Waals surface area contributed by atoms with Crippen molar-refractivity contribution in [2.45, 2.75) is 25.1 Å². The average molecular weight is 477 g/mol. The number of amides is 1. The Hall–Kier alpha value is -4.13. The molecule has 1 aliphatic rings. The molecule has 34 heavy (non-hydrogen) atoms. The molecule has 0 spiro atoms. The number of carbonyl (C=O) groups is 2. The predicted molar refractivity (Wildman–Crippen MR) is 113 cm³/mol. The van der Waals surface area contributed by atoms with Gasteiger partial charge in [0.05, 0.1) is 19.0 Å². The second kappa shape index (κ2) is 10.7. The van der Waals surface area contributed by atoms with Gasteiger partial charge in [-0.25, -0.2) is 14.8 Å². The average Bonchev–Trinajstić information content (AvgIpc) is 3.56. The van der Waals surface area contributed by atoms with Crippen molar-refractivity contribution in [3.63, 3.8) is 0 Å². The number of hydrogen-bond acceptors (Lipinski definition) is 9. The molecule has 1 aromatic heterocycles. The highest BCUT2D eigenvalue weighted by Gasteiger charge is 2.46. The molecule has 0 aliphatic heterocycles. The maximum absolute atomic E-state index is 12.7. The van der Waals surface area contributed by atoms with Gasteiger partial charge in [0.15, 0.2) is 5.69 Å². The normalized spacial score (nSPS) is 14.0. The van der Waals surface area contributed by atoms with Gasteiger partial charge in [-0.1, -0.05) is 0 Å². The van der Waals surface area contributed by atoms with Crippen molar-refractivity contribution < 1.29 is 37.7 Å². The van der Waals surface area contributed by atoms with Crippen molar-refractivity contribution in [2.75, 3.05) is 13.7 Å². The topological polar surface area (TPSA) is 156 Å². The summed E-state index contributed by atoms with van der Waals surface area (Å²) in [6.45, 7) is -3.28. The Bertz CT molecular complexity index is 1090. The number of ether oxygens (including phenoxy) is 3. The second-order valence-electron chi connectivity index (χ2n) is 7.19. The third kappa shape index (κ3) is 6.93. The molecular formula is C21H21F2N5O6. The number of benzene rings is 1. The summed E-state index contributed by atoms with van der Waals surface area (Å²) < 4.78 is 40.8. The lowest BCUT2D eigenvalue weighted by Gasteiger charge is -2.19. The van der Waals surface area contributed by atoms with E-state index < -0.39 is 24.1 Å². The molecule has 1 heterocycles. The maximum Gasteiger partial charge on any atom is 0.356 e. The summed E-state index contributed by atoms with van der Waals surface area (Å²) in [5.74, 6) is -1.92. The molecule has 1 saturated carbocycles. The van der Waals surface area contributed by atoms with Crippen LogP contribution in [0.25, 0.3) is 0 Å². The molecule has 1 fully saturated rings. The van der Waals surface area contributed by atoms with Crippen molar-refractivity contribution in [3.8, 4) is 17.4 Å². The number of aromatic carboxylic acids is 1. The van der Waals surface area contributed by atoms with Gasteiger partial charge in [0.2, 0.25) is 5.88 Å². The van der Waals surface area contributed by atoms with Crippen LogP contribution in [0, 0.1) is 5.41 Å². The molecule has 1 aromatic carbocycles. The van der Waals surface area contributed by atoms with Crippen LogP contribution in [-0.4, -0.2) is 58.7 Å². The SMILES string of the molecule is CN/C=C\C(=N)NC(=O)c1cc(Oc2cnc(C(=O)O)cn2)cc(OC2(COC(F)F)CC2)c1. The zero-order valence-corrected chi connectivity index (χ0v) is 17.9. The molecule has 3 rings (SSSR count). The van der Waals surface area contributed by atoms with E-state index in [1.165, 1.54) is 30.5 Å². The molecule has 2 aromatic rings. The monoisotopic (exact) mass is 477 g/mol. The highest BCUT2D eigenvalue weighted by Crippen LogP contribution is 2.42. The van der Waals surface area contributed by atoms with Gasteiger partial charge in [-0.2, -0.15) is 8.78 Å². The molecule has 180 valence electrons. The molecule has 0 saturated heterocycles. The van der Waals surface area contributed by atoms with Crippen LogP contribution in [0.5, 0.6) is 17.4 Å². The molecule has 0 radical (unpaired) electrons. The summed E-state index contributed by atoms with van der Waals surface area (Å²) in [5, 5.41) is 21.8. The van der Waals surface area contributed by atoms with Gasteiger partial charge in [0.25, 0.3) is 5.91 Å². The summed E-state index contributed by atoms with van der Waals surface area (Å²) in [4.78, 5) is 31.2. The number of alkyl halides is 2. The molecule has 1 amide bonds. The van der Waals surface area contributed by atoms with Crippen LogP contribution in [0.1, 0.15) is 33.7 Å². The van der Waals surface area contributed by atoms with Crippen molar-refractivity contribution in [3.05, 3.63) is 54.1 Å². The summed E-state index contributed by atoms with van der Waals surface area (Å²) in [7, 11) is 1.63. The first-order valence-electron chi connectivity index (χ1n) is 9.90. The first-order valence-corrected chi connectivity index (χ1v) is 9.90. The van der Waals surface area contributed by atoms with Gasteiger partial charge in [-0.05, 0) is 37.3 Å². The van der Waals surface area contributed by atoms with E-state index in [1.807, 2.05) is 0 Å². The minimum atomic E-state index is -2.94. The highest BCUT2D eigenvalue weighted by atomic mass is 19.3. The van der Waals surface area contributed by atoms with Crippen LogP contribution in [-0.2, 0) is 4.74 Å². The molecule has 11 nitrogen and oxygen atoms in total. The van der Waals surface area contributed by atoms with Crippen LogP contribution < -0.4 is 20.1 Å². The van der Waals surface area contributed by atoms with Crippen LogP contribution >= 0.6 is 0 Å². The Labute approximate surface area is 192 Å². The van der Waals surface area contributed by atoms with Gasteiger partial charge < -0.3 is 30.0 Å². The minimum Gasteiger partial charge on any atom is -0.485 e. The quantitative estimate of drug-likeness (QED) is 0.282. The highest BCUT2D eigenvalue weighted by molar-refractivity contribution is 6.09. The lowest BCUT2D eigenvalue weighted by atomic mass is 10.1. The summed E-state index contributed by atoms with van der Waals surface area (Å²) in [5.41, 5.74) is -1.18. The Morgan fingerprint density at radius 3 is 2.56 bits per heavy atom. The molecule has 0 atom stereocenters. The van der Waals surface area contributed by atoms with Crippen LogP contribution in [0.2, 0.25) is 0 Å². The van der Waals surface area contributed by atoms with Crippen LogP contribution in [0.15, 0.2) is 42.9 Å². The lowest BCUT2D eigenvalue weighted by Crippen LogP contribution is -2.29. The summed E-state index contributed by atoms with van der Waals surface area (Å²) in [6.07, 6.45) is 5.84. The van der Waals surface area contributed by atoms with E-state index >= 15 is 0 Å². The number of nitrogens with one attached hydrogen (secondary N) is 3. The number of carboxylic acids is 1. The van der Waals surface area contributed by atoms with Crippen LogP contribution in [0.3, 0.4) is 0 Å². The number of halogens is 2. The van der Waals surface area contributed by atoms with Gasteiger partial charge in [-0.3, -0.25) is 10.2 Å². The van der Waals surface area contributed by atoms with Gasteiger partial charge >= 0.3 is 12.6 Å². The summed E-state index contributed by atoms with van der Waals surface area (Å²) >= 11 is 0. The predicted octanol–water partition coefficient (Wildman–Crippen LogP) is 2.56. The largest absolute Gasteiger partial charge is 0.485 e. The number of carboxylic acid groups (broad SMARTS) is 1. The second-order valence-corrected chi connectivity index (χ2v) is 7.19. The number of aromatic nitrogens is 2. The molecule has 0 unspecified atom stereocenters. The fraction of sp³-hybridized carbons (Fsp3) is 0.286. The van der Waals surface area contributed by atoms with Crippen molar-refractivity contribution in [1.29, 1.82) is 5.41 Å². The third-order valence-electron chi connectivity index (χ3n) is 4.49. The lowest BCUT2D eigenvalue weighted by molar-refractivity contribution is -0.148. The van der Waals surface area contributed by atoms with Crippen molar-refractivity contribution in [2.24, 2.45) is 0 Å². The van der Waals surface area contributed by atoms with Crippen LogP contribution in [0.4, 0.5) is 8.78 Å². The fourth-order valence-corrected chi connectivity index (χ4v) is 2.70. The number of rotatable bonds is 11. The van der Waals surface area contributed by atoms with Gasteiger partial charge in [0.1, 0.15) is 22.9 Å². The number of hydrogen-bond donors (Lipinski definition) is 4. The van der Waals surface area contributed by atoms with E-state index in [-0.39, 0.29) is 41.1 Å². The van der Waals surface area contributed by atoms with Gasteiger partial charge in [0, 0.05) is 18.7 Å². The van der Waals surface area contributed by atoms with E-state index in [4.69, 9.17) is 20.0 Å². The van der Waals surface area contributed by atoms with Gasteiger partial charge in [-0.15, -0.1) is 0 Å². The Kier molecular flexibility index (Phi) is 7.68. The van der Waals surface area contributed by atoms with E-state index in [2.05, 4.69) is 25.3 Å². The zero-order valence-electron chi connectivity index (χ0n) is 17.9. The number of carbonyl (C=O) groups excluding carboxylic acids is 1. The van der Waals surface area contributed by atoms with Crippen molar-refractivity contribution >= 4 is 17.7 Å². The molecule has 13 heteroatoms. The number of amidine groups is 1. The molecule has 1 aliphatic carbocycles. The minimum absolute atomic E-state index is 0.0517. The van der Waals surface area contributed by atoms with E-state index in [0.29, 0.717) is 12.8 Å². The Morgan fingerprint density at radius 2 is 1.97 bits per heavy atom. The zero-order chi connectivity index (χ0) is 24.7. The maximum atomic E-state index is 12.7. The smallest absolute Gasteiger partial charge is 0.356 e. The van der Waals surface area contributed by atoms with Crippen molar-refractivity contribution in [1.82, 2.24) is 20.6 Å². The number of nitrogens with zero attached hydrogens (tertiary/aromatic N) is 2. The fourth-order valence-electron chi connectivity index (χ4n) is 2.70. The molecular weight excluding hydrogens is 456 g/mol. The Morgan fingerprint density at radius 1 is 1.24 bits per heavy atom. The molecule has 0 bridgehead atoms. The molecule has 4 N–H and O–H groups in total.